The maximum atomic E-state index is 12.2. The van der Waals surface area contributed by atoms with E-state index in [1.807, 2.05) is 25.1 Å². The van der Waals surface area contributed by atoms with Gasteiger partial charge in [0.2, 0.25) is 0 Å². The van der Waals surface area contributed by atoms with Gasteiger partial charge in [0.05, 0.1) is 0 Å². The minimum Gasteiger partial charge on any atom is -0.294 e. The minimum absolute atomic E-state index is 0.248. The Labute approximate surface area is 116 Å². The Morgan fingerprint density at radius 3 is 2.61 bits per heavy atom. The molecule has 0 fully saturated rings. The van der Waals surface area contributed by atoms with Crippen LogP contribution in [-0.4, -0.2) is 5.78 Å². The molecule has 1 aromatic rings. The molecule has 0 saturated carbocycles. The van der Waals surface area contributed by atoms with Crippen LogP contribution in [0, 0.1) is 12.8 Å². The largest absolute Gasteiger partial charge is 0.294 e. The molecule has 100 valence electrons. The second kappa shape index (κ2) is 7.58. The zero-order valence-electron chi connectivity index (χ0n) is 11.6. The van der Waals surface area contributed by atoms with Crippen LogP contribution >= 0.6 is 11.6 Å². The van der Waals surface area contributed by atoms with Gasteiger partial charge < -0.3 is 0 Å². The van der Waals surface area contributed by atoms with E-state index in [0.29, 0.717) is 12.3 Å². The van der Waals surface area contributed by atoms with Gasteiger partial charge in [-0.05, 0) is 36.6 Å². The third-order valence-electron chi connectivity index (χ3n) is 3.50. The highest BCUT2D eigenvalue weighted by Crippen LogP contribution is 2.22. The fraction of sp³-hybridized carbons (Fsp3) is 0.562. The van der Waals surface area contributed by atoms with E-state index in [1.165, 1.54) is 12.8 Å². The van der Waals surface area contributed by atoms with Crippen LogP contribution in [0.5, 0.6) is 0 Å². The molecule has 1 atom stereocenters. The lowest BCUT2D eigenvalue weighted by Gasteiger charge is -2.13. The number of benzene rings is 1. The molecule has 0 spiro atoms. The number of halogens is 1. The predicted octanol–water partition coefficient (Wildman–Crippen LogP) is 5.44. The number of carbonyl (C=O) groups excluding carboxylic acids is 1. The molecule has 0 saturated heterocycles. The van der Waals surface area contributed by atoms with E-state index in [0.717, 1.165) is 29.0 Å². The molecule has 0 amide bonds. The molecular formula is C16H23ClO. The average Bonchev–Trinajstić information content (AvgIpc) is 2.37. The minimum atomic E-state index is 0.248. The predicted molar refractivity (Wildman–Crippen MR) is 78.4 cm³/mol. The summed E-state index contributed by atoms with van der Waals surface area (Å²) in [4.78, 5) is 12.2. The first kappa shape index (κ1) is 15.2. The van der Waals surface area contributed by atoms with E-state index in [4.69, 9.17) is 11.6 Å². The van der Waals surface area contributed by atoms with Crippen molar-refractivity contribution in [3.63, 3.8) is 0 Å². The van der Waals surface area contributed by atoms with Crippen molar-refractivity contribution in [3.8, 4) is 0 Å². The lowest BCUT2D eigenvalue weighted by molar-refractivity contribution is 0.0957. The summed E-state index contributed by atoms with van der Waals surface area (Å²) in [5, 5.41) is 0.726. The van der Waals surface area contributed by atoms with Crippen molar-refractivity contribution in [3.05, 3.63) is 34.3 Å². The van der Waals surface area contributed by atoms with Crippen molar-refractivity contribution in [1.82, 2.24) is 0 Å². The molecular weight excluding hydrogens is 244 g/mol. The van der Waals surface area contributed by atoms with Gasteiger partial charge in [0.25, 0.3) is 0 Å². The molecule has 0 aliphatic carbocycles. The lowest BCUT2D eigenvalue weighted by Crippen LogP contribution is -2.08. The van der Waals surface area contributed by atoms with Crippen LogP contribution in [0.1, 0.15) is 61.9 Å². The van der Waals surface area contributed by atoms with Gasteiger partial charge in [-0.3, -0.25) is 4.79 Å². The van der Waals surface area contributed by atoms with Gasteiger partial charge in [-0.2, -0.15) is 0 Å². The maximum Gasteiger partial charge on any atom is 0.163 e. The average molecular weight is 267 g/mol. The van der Waals surface area contributed by atoms with E-state index >= 15 is 0 Å². The zero-order valence-corrected chi connectivity index (χ0v) is 12.4. The molecule has 1 unspecified atom stereocenters. The van der Waals surface area contributed by atoms with Crippen molar-refractivity contribution in [2.45, 2.75) is 52.9 Å². The summed E-state index contributed by atoms with van der Waals surface area (Å²) in [6.45, 7) is 6.30. The van der Waals surface area contributed by atoms with Gasteiger partial charge in [0.1, 0.15) is 0 Å². The highest BCUT2D eigenvalue weighted by Gasteiger charge is 2.14. The van der Waals surface area contributed by atoms with E-state index < -0.39 is 0 Å². The quantitative estimate of drug-likeness (QED) is 0.601. The Bertz CT molecular complexity index is 398. The Hall–Kier alpha value is -0.820. The fourth-order valence-electron chi connectivity index (χ4n) is 2.14. The van der Waals surface area contributed by atoms with E-state index in [9.17, 15) is 4.79 Å². The lowest BCUT2D eigenvalue weighted by atomic mass is 9.91. The summed E-state index contributed by atoms with van der Waals surface area (Å²) in [6.07, 6.45) is 5.32. The Kier molecular flexibility index (Phi) is 6.42. The van der Waals surface area contributed by atoms with Crippen molar-refractivity contribution < 1.29 is 4.79 Å². The second-order valence-electron chi connectivity index (χ2n) is 5.01. The molecule has 2 heteroatoms. The van der Waals surface area contributed by atoms with Crippen molar-refractivity contribution >= 4 is 17.4 Å². The van der Waals surface area contributed by atoms with Crippen LogP contribution in [-0.2, 0) is 0 Å². The summed E-state index contributed by atoms with van der Waals surface area (Å²) in [6, 6.07) is 5.55. The van der Waals surface area contributed by atoms with E-state index in [2.05, 4.69) is 13.8 Å². The zero-order chi connectivity index (χ0) is 13.5. The summed E-state index contributed by atoms with van der Waals surface area (Å²) in [5.74, 6) is 0.770. The summed E-state index contributed by atoms with van der Waals surface area (Å²) in [5.41, 5.74) is 1.77. The molecule has 0 radical (unpaired) electrons. The first-order valence-electron chi connectivity index (χ1n) is 6.87. The number of carbonyl (C=O) groups is 1. The molecule has 0 bridgehead atoms. The summed E-state index contributed by atoms with van der Waals surface area (Å²) < 4.78 is 0. The third kappa shape index (κ3) is 4.45. The van der Waals surface area contributed by atoms with Crippen LogP contribution in [0.2, 0.25) is 5.02 Å². The van der Waals surface area contributed by atoms with Crippen molar-refractivity contribution in [2.75, 3.05) is 0 Å². The molecule has 1 rings (SSSR count). The number of rotatable bonds is 7. The number of unbranched alkanes of at least 4 members (excludes halogenated alkanes) is 1. The van der Waals surface area contributed by atoms with Gasteiger partial charge in [0.15, 0.2) is 5.78 Å². The van der Waals surface area contributed by atoms with Crippen molar-refractivity contribution in [2.24, 2.45) is 5.92 Å². The Morgan fingerprint density at radius 2 is 2.06 bits per heavy atom. The molecule has 1 nitrogen and oxygen atoms in total. The number of Topliss-reactive ketones (excluding diaryl/α,β-unsaturated/α-hetero) is 1. The van der Waals surface area contributed by atoms with Gasteiger partial charge in [-0.15, -0.1) is 0 Å². The Balaban J connectivity index is 2.65. The van der Waals surface area contributed by atoms with Crippen LogP contribution in [0.15, 0.2) is 18.2 Å². The van der Waals surface area contributed by atoms with E-state index in [1.54, 1.807) is 0 Å². The van der Waals surface area contributed by atoms with Gasteiger partial charge in [0, 0.05) is 17.0 Å². The molecule has 0 heterocycles. The number of hydrogen-bond donors (Lipinski definition) is 0. The molecule has 18 heavy (non-hydrogen) atoms. The SMILES string of the molecule is CCCCC(CC)CC(=O)c1ccc(Cl)c(C)c1. The second-order valence-corrected chi connectivity index (χ2v) is 5.41. The molecule has 1 aromatic carbocycles. The van der Waals surface area contributed by atoms with Gasteiger partial charge in [-0.25, -0.2) is 0 Å². The Morgan fingerprint density at radius 1 is 1.33 bits per heavy atom. The first-order chi connectivity index (χ1) is 8.58. The van der Waals surface area contributed by atoms with Crippen LogP contribution < -0.4 is 0 Å². The fourth-order valence-corrected chi connectivity index (χ4v) is 2.26. The van der Waals surface area contributed by atoms with Crippen LogP contribution in [0.25, 0.3) is 0 Å². The summed E-state index contributed by atoms with van der Waals surface area (Å²) >= 11 is 5.98. The monoisotopic (exact) mass is 266 g/mol. The molecule has 0 aliphatic heterocycles. The van der Waals surface area contributed by atoms with Crippen molar-refractivity contribution in [1.29, 1.82) is 0 Å². The maximum absolute atomic E-state index is 12.2. The molecule has 0 aromatic heterocycles. The number of hydrogen-bond acceptors (Lipinski definition) is 1. The molecule has 0 N–H and O–H groups in total. The van der Waals surface area contributed by atoms with E-state index in [-0.39, 0.29) is 5.78 Å². The van der Waals surface area contributed by atoms with Gasteiger partial charge in [-0.1, -0.05) is 51.1 Å². The standard InChI is InChI=1S/C16H23ClO/c1-4-6-7-13(5-2)11-16(18)14-8-9-15(17)12(3)10-14/h8-10,13H,4-7,11H2,1-3H3. The smallest absolute Gasteiger partial charge is 0.163 e. The van der Waals surface area contributed by atoms with Crippen LogP contribution in [0.4, 0.5) is 0 Å². The number of aryl methyl sites for hydroxylation is 1. The highest BCUT2D eigenvalue weighted by atomic mass is 35.5. The molecule has 0 aliphatic rings. The first-order valence-corrected chi connectivity index (χ1v) is 7.25. The number of ketones is 1. The third-order valence-corrected chi connectivity index (χ3v) is 3.92. The normalized spacial score (nSPS) is 12.4. The van der Waals surface area contributed by atoms with Gasteiger partial charge >= 0.3 is 0 Å². The van der Waals surface area contributed by atoms with Crippen LogP contribution in [0.3, 0.4) is 0 Å². The summed E-state index contributed by atoms with van der Waals surface area (Å²) in [7, 11) is 0. The highest BCUT2D eigenvalue weighted by molar-refractivity contribution is 6.31. The topological polar surface area (TPSA) is 17.1 Å².